The molecule has 138 valence electrons. The number of rotatable bonds is 4. The average molecular weight is 414 g/mol. The number of piperidine rings is 1. The van der Waals surface area contributed by atoms with Crippen molar-refractivity contribution in [1.29, 1.82) is 0 Å². The average Bonchev–Trinajstić information content (AvgIpc) is 2.64. The van der Waals surface area contributed by atoms with Crippen LogP contribution in [-0.4, -0.2) is 36.7 Å². The Balaban J connectivity index is 1.71. The van der Waals surface area contributed by atoms with E-state index in [0.717, 1.165) is 0 Å². The van der Waals surface area contributed by atoms with Crippen molar-refractivity contribution >= 4 is 45.0 Å². The van der Waals surface area contributed by atoms with Crippen LogP contribution in [0.15, 0.2) is 47.5 Å². The van der Waals surface area contributed by atoms with Gasteiger partial charge < -0.3 is 5.32 Å². The molecular formula is C17H17Cl2N3O3S. The second-order valence-electron chi connectivity index (χ2n) is 6.01. The van der Waals surface area contributed by atoms with Gasteiger partial charge in [0.2, 0.25) is 15.9 Å². The number of carbonyl (C=O) groups excluding carboxylic acids is 1. The summed E-state index contributed by atoms with van der Waals surface area (Å²) in [5.41, 5.74) is 0. The van der Waals surface area contributed by atoms with E-state index in [1.807, 2.05) is 0 Å². The Morgan fingerprint density at radius 1 is 1.12 bits per heavy atom. The summed E-state index contributed by atoms with van der Waals surface area (Å²) < 4.78 is 26.9. The van der Waals surface area contributed by atoms with E-state index in [2.05, 4.69) is 10.3 Å². The molecule has 1 aliphatic rings. The predicted molar refractivity (Wildman–Crippen MR) is 101 cm³/mol. The molecular weight excluding hydrogens is 397 g/mol. The fourth-order valence-electron chi connectivity index (χ4n) is 2.81. The lowest BCUT2D eigenvalue weighted by atomic mass is 9.99. The zero-order chi connectivity index (χ0) is 18.7. The van der Waals surface area contributed by atoms with E-state index in [1.54, 1.807) is 12.1 Å². The summed E-state index contributed by atoms with van der Waals surface area (Å²) in [6, 6.07) is 9.25. The monoisotopic (exact) mass is 413 g/mol. The fourth-order valence-corrected chi connectivity index (χ4v) is 4.57. The Kier molecular flexibility index (Phi) is 5.82. The summed E-state index contributed by atoms with van der Waals surface area (Å²) in [6.45, 7) is 0.512. The Morgan fingerprint density at radius 2 is 1.81 bits per heavy atom. The highest BCUT2D eigenvalue weighted by Gasteiger charge is 2.33. The minimum Gasteiger partial charge on any atom is -0.310 e. The maximum absolute atomic E-state index is 12.8. The second-order valence-corrected chi connectivity index (χ2v) is 8.82. The van der Waals surface area contributed by atoms with E-state index in [0.29, 0.717) is 35.2 Å². The van der Waals surface area contributed by atoms with Gasteiger partial charge in [0.05, 0.1) is 15.8 Å². The van der Waals surface area contributed by atoms with Gasteiger partial charge in [0.25, 0.3) is 0 Å². The van der Waals surface area contributed by atoms with Gasteiger partial charge in [-0.05, 0) is 49.2 Å². The second kappa shape index (κ2) is 7.92. The topological polar surface area (TPSA) is 79.4 Å². The molecule has 0 saturated carbocycles. The number of aromatic nitrogens is 1. The van der Waals surface area contributed by atoms with Crippen molar-refractivity contribution in [3.63, 3.8) is 0 Å². The summed E-state index contributed by atoms with van der Waals surface area (Å²) in [7, 11) is -3.66. The lowest BCUT2D eigenvalue weighted by molar-refractivity contribution is -0.120. The third kappa shape index (κ3) is 4.35. The first-order valence-corrected chi connectivity index (χ1v) is 10.2. The van der Waals surface area contributed by atoms with Crippen molar-refractivity contribution in [2.75, 3.05) is 18.4 Å². The number of hydrogen-bond donors (Lipinski definition) is 1. The molecule has 0 aliphatic carbocycles. The molecule has 2 aromatic rings. The predicted octanol–water partition coefficient (Wildman–Crippen LogP) is 3.43. The number of halogens is 2. The molecule has 1 aromatic heterocycles. The third-order valence-corrected chi connectivity index (χ3v) is 6.54. The van der Waals surface area contributed by atoms with Crippen LogP contribution >= 0.6 is 23.2 Å². The number of pyridine rings is 1. The molecule has 0 bridgehead atoms. The van der Waals surface area contributed by atoms with Crippen LogP contribution in [0.25, 0.3) is 0 Å². The molecule has 1 unspecified atom stereocenters. The van der Waals surface area contributed by atoms with Crippen LogP contribution in [0.4, 0.5) is 5.82 Å². The molecule has 2 heterocycles. The van der Waals surface area contributed by atoms with Crippen LogP contribution in [0, 0.1) is 5.92 Å². The quantitative estimate of drug-likeness (QED) is 0.832. The van der Waals surface area contributed by atoms with Crippen LogP contribution < -0.4 is 5.32 Å². The number of nitrogens with zero attached hydrogens (tertiary/aromatic N) is 2. The van der Waals surface area contributed by atoms with Crippen LogP contribution in [0.2, 0.25) is 10.0 Å². The summed E-state index contributed by atoms with van der Waals surface area (Å²) in [5.74, 6) is -0.309. The van der Waals surface area contributed by atoms with Crippen molar-refractivity contribution in [3.8, 4) is 0 Å². The molecule has 26 heavy (non-hydrogen) atoms. The van der Waals surface area contributed by atoms with Gasteiger partial charge in [-0.25, -0.2) is 13.4 Å². The molecule has 1 aliphatic heterocycles. The zero-order valence-electron chi connectivity index (χ0n) is 13.7. The molecule has 1 N–H and O–H groups in total. The van der Waals surface area contributed by atoms with Gasteiger partial charge in [-0.1, -0.05) is 23.2 Å². The van der Waals surface area contributed by atoms with Crippen LogP contribution in [0.3, 0.4) is 0 Å². The maximum Gasteiger partial charge on any atom is 0.243 e. The lowest BCUT2D eigenvalue weighted by Gasteiger charge is -2.31. The summed E-state index contributed by atoms with van der Waals surface area (Å²) in [4.78, 5) is 16.7. The highest BCUT2D eigenvalue weighted by atomic mass is 35.5. The van der Waals surface area contributed by atoms with Crippen molar-refractivity contribution in [2.45, 2.75) is 17.7 Å². The van der Waals surface area contributed by atoms with Gasteiger partial charge in [0.1, 0.15) is 5.82 Å². The Labute approximate surface area is 162 Å². The summed E-state index contributed by atoms with van der Waals surface area (Å²) >= 11 is 11.6. The van der Waals surface area contributed by atoms with E-state index in [4.69, 9.17) is 23.2 Å². The van der Waals surface area contributed by atoms with Crippen LogP contribution in [0.1, 0.15) is 12.8 Å². The number of anilines is 1. The molecule has 9 heteroatoms. The molecule has 1 amide bonds. The molecule has 0 radical (unpaired) electrons. The highest BCUT2D eigenvalue weighted by Crippen LogP contribution is 2.25. The van der Waals surface area contributed by atoms with E-state index < -0.39 is 15.9 Å². The van der Waals surface area contributed by atoms with Gasteiger partial charge in [0, 0.05) is 24.3 Å². The first-order valence-electron chi connectivity index (χ1n) is 8.04. The zero-order valence-corrected chi connectivity index (χ0v) is 16.1. The van der Waals surface area contributed by atoms with E-state index in [1.165, 1.54) is 34.8 Å². The van der Waals surface area contributed by atoms with E-state index in [9.17, 15) is 13.2 Å². The first kappa shape index (κ1) is 19.1. The van der Waals surface area contributed by atoms with Gasteiger partial charge >= 0.3 is 0 Å². The molecule has 3 rings (SSSR count). The van der Waals surface area contributed by atoms with Crippen molar-refractivity contribution in [2.24, 2.45) is 5.92 Å². The Morgan fingerprint density at radius 3 is 2.46 bits per heavy atom. The molecule has 1 atom stereocenters. The molecule has 1 fully saturated rings. The smallest absolute Gasteiger partial charge is 0.243 e. The van der Waals surface area contributed by atoms with Crippen molar-refractivity contribution in [1.82, 2.24) is 9.29 Å². The van der Waals surface area contributed by atoms with Crippen LogP contribution in [0.5, 0.6) is 0 Å². The van der Waals surface area contributed by atoms with Crippen molar-refractivity contribution < 1.29 is 13.2 Å². The van der Waals surface area contributed by atoms with Crippen LogP contribution in [-0.2, 0) is 14.8 Å². The Bertz CT molecular complexity index is 886. The van der Waals surface area contributed by atoms with Gasteiger partial charge in [-0.2, -0.15) is 4.31 Å². The standard InChI is InChI=1S/C17H17Cl2N3O3S/c18-13-3-6-15(7-4-13)26(24,25)22-9-1-2-12(11-22)17(23)21-16-8-5-14(19)10-20-16/h3-8,10,12H,1-2,9,11H2,(H,20,21,23). The third-order valence-electron chi connectivity index (χ3n) is 4.18. The highest BCUT2D eigenvalue weighted by molar-refractivity contribution is 7.89. The number of carbonyl (C=O) groups is 1. The first-order chi connectivity index (χ1) is 12.4. The summed E-state index contributed by atoms with van der Waals surface area (Å²) in [5, 5.41) is 3.65. The van der Waals surface area contributed by atoms with E-state index in [-0.39, 0.29) is 17.3 Å². The van der Waals surface area contributed by atoms with E-state index >= 15 is 0 Å². The SMILES string of the molecule is O=C(Nc1ccc(Cl)cn1)C1CCCN(S(=O)(=O)c2ccc(Cl)cc2)C1. The minimum absolute atomic E-state index is 0.129. The van der Waals surface area contributed by atoms with Crippen molar-refractivity contribution in [3.05, 3.63) is 52.6 Å². The number of benzene rings is 1. The van der Waals surface area contributed by atoms with Gasteiger partial charge in [0.15, 0.2) is 0 Å². The number of hydrogen-bond acceptors (Lipinski definition) is 4. The maximum atomic E-state index is 12.8. The molecule has 1 saturated heterocycles. The molecule has 6 nitrogen and oxygen atoms in total. The normalized spacial score (nSPS) is 18.5. The Hall–Kier alpha value is -1.67. The fraction of sp³-hybridized carbons (Fsp3) is 0.294. The summed E-state index contributed by atoms with van der Waals surface area (Å²) in [6.07, 6.45) is 2.67. The van der Waals surface area contributed by atoms with Gasteiger partial charge in [-0.15, -0.1) is 0 Å². The van der Waals surface area contributed by atoms with Gasteiger partial charge in [-0.3, -0.25) is 4.79 Å². The minimum atomic E-state index is -3.66. The molecule has 1 aromatic carbocycles. The molecule has 0 spiro atoms. The number of amides is 1. The number of sulfonamides is 1. The number of nitrogens with one attached hydrogen (secondary N) is 1. The largest absolute Gasteiger partial charge is 0.310 e. The lowest BCUT2D eigenvalue weighted by Crippen LogP contribution is -2.43.